The lowest BCUT2D eigenvalue weighted by atomic mass is 10.0. The maximum atomic E-state index is 12.5. The molecule has 3 N–H and O–H groups in total. The first-order valence-electron chi connectivity index (χ1n) is 33.7. The van der Waals surface area contributed by atoms with Gasteiger partial charge in [-0.15, -0.1) is 0 Å². The van der Waals surface area contributed by atoms with Gasteiger partial charge in [0, 0.05) is 12.8 Å². The molecule has 75 heavy (non-hydrogen) atoms. The summed E-state index contributed by atoms with van der Waals surface area (Å²) in [7, 11) is 0. The second-order valence-corrected chi connectivity index (χ2v) is 23.1. The Kier molecular flexibility index (Phi) is 63.0. The second-order valence-electron chi connectivity index (χ2n) is 23.1. The van der Waals surface area contributed by atoms with Crippen molar-refractivity contribution in [2.24, 2.45) is 0 Å². The minimum absolute atomic E-state index is 0.00185. The van der Waals surface area contributed by atoms with E-state index in [9.17, 15) is 19.8 Å². The van der Waals surface area contributed by atoms with Crippen molar-refractivity contribution in [3.63, 3.8) is 0 Å². The Bertz CT molecular complexity index is 1210. The number of amides is 1. The third-order valence-corrected chi connectivity index (χ3v) is 15.6. The summed E-state index contributed by atoms with van der Waals surface area (Å²) >= 11 is 0. The average Bonchev–Trinajstić information content (AvgIpc) is 3.41. The maximum Gasteiger partial charge on any atom is 0.305 e. The predicted octanol–water partition coefficient (Wildman–Crippen LogP) is 21.5. The van der Waals surface area contributed by atoms with Gasteiger partial charge in [-0.2, -0.15) is 0 Å². The van der Waals surface area contributed by atoms with E-state index in [1.54, 1.807) is 0 Å². The highest BCUT2D eigenvalue weighted by molar-refractivity contribution is 5.76. The van der Waals surface area contributed by atoms with Crippen LogP contribution in [0.2, 0.25) is 0 Å². The lowest BCUT2D eigenvalue weighted by Gasteiger charge is -2.22. The van der Waals surface area contributed by atoms with Crippen molar-refractivity contribution in [1.82, 2.24) is 5.32 Å². The Morgan fingerprint density at radius 2 is 0.693 bits per heavy atom. The van der Waals surface area contributed by atoms with Crippen LogP contribution in [0, 0.1) is 0 Å². The highest BCUT2D eigenvalue weighted by atomic mass is 16.5. The second kappa shape index (κ2) is 64.6. The molecule has 0 bridgehead atoms. The molecule has 0 aromatic carbocycles. The first-order valence-corrected chi connectivity index (χ1v) is 33.7. The monoisotopic (exact) mass is 1050 g/mol. The van der Waals surface area contributed by atoms with Gasteiger partial charge >= 0.3 is 5.97 Å². The molecule has 0 aliphatic carbocycles. The minimum atomic E-state index is -0.663. The van der Waals surface area contributed by atoms with Crippen LogP contribution in [0.15, 0.2) is 36.5 Å². The van der Waals surface area contributed by atoms with Crippen molar-refractivity contribution >= 4 is 11.9 Å². The molecule has 0 aliphatic heterocycles. The number of esters is 1. The third kappa shape index (κ3) is 61.2. The molecule has 442 valence electrons. The van der Waals surface area contributed by atoms with Crippen molar-refractivity contribution in [3.8, 4) is 0 Å². The minimum Gasteiger partial charge on any atom is -0.466 e. The highest BCUT2D eigenvalue weighted by Gasteiger charge is 2.20. The fraction of sp³-hybridized carbons (Fsp3) is 0.884. The van der Waals surface area contributed by atoms with Crippen LogP contribution in [0.4, 0.5) is 0 Å². The molecule has 0 aromatic heterocycles. The van der Waals surface area contributed by atoms with Gasteiger partial charge in [0.05, 0.1) is 25.4 Å². The lowest BCUT2D eigenvalue weighted by Crippen LogP contribution is -2.45. The Labute approximate surface area is 468 Å². The number of aliphatic hydroxyl groups excluding tert-OH is 2. The molecular formula is C69H131NO5. The normalized spacial score (nSPS) is 12.7. The summed E-state index contributed by atoms with van der Waals surface area (Å²) < 4.78 is 5.47. The smallest absolute Gasteiger partial charge is 0.305 e. The van der Waals surface area contributed by atoms with Crippen molar-refractivity contribution < 1.29 is 24.5 Å². The van der Waals surface area contributed by atoms with E-state index >= 15 is 0 Å². The Hall–Kier alpha value is -1.92. The molecule has 6 nitrogen and oxygen atoms in total. The predicted molar refractivity (Wildman–Crippen MR) is 329 cm³/mol. The van der Waals surface area contributed by atoms with Crippen LogP contribution in [-0.2, 0) is 14.3 Å². The van der Waals surface area contributed by atoms with Gasteiger partial charge in [0.15, 0.2) is 0 Å². The molecule has 0 fully saturated rings. The van der Waals surface area contributed by atoms with E-state index in [0.717, 1.165) is 51.4 Å². The van der Waals surface area contributed by atoms with Crippen LogP contribution in [0.3, 0.4) is 0 Å². The Morgan fingerprint density at radius 1 is 0.373 bits per heavy atom. The number of carbonyl (C=O) groups is 2. The SMILES string of the molecule is CCC/C=C\C/C=C\CCCCCCCC(=O)OCCCCCCCCCCCCCC/C=C\CCCCCCCCCCCCCCCCC(=O)NC(CO)C(O)CCCCCCCCCCCCCCCCC. The topological polar surface area (TPSA) is 95.9 Å². The molecule has 0 aromatic rings. The first-order chi connectivity index (χ1) is 37.0. The van der Waals surface area contributed by atoms with E-state index in [2.05, 4.69) is 55.6 Å². The van der Waals surface area contributed by atoms with Gasteiger partial charge in [-0.3, -0.25) is 9.59 Å². The largest absolute Gasteiger partial charge is 0.466 e. The zero-order valence-corrected chi connectivity index (χ0v) is 50.5. The summed E-state index contributed by atoms with van der Waals surface area (Å²) in [5, 5.41) is 23.3. The van der Waals surface area contributed by atoms with Crippen molar-refractivity contribution in [3.05, 3.63) is 36.5 Å². The number of hydrogen-bond acceptors (Lipinski definition) is 5. The molecule has 0 radical (unpaired) electrons. The van der Waals surface area contributed by atoms with Gasteiger partial charge < -0.3 is 20.3 Å². The van der Waals surface area contributed by atoms with Gasteiger partial charge in [-0.1, -0.05) is 314 Å². The zero-order valence-electron chi connectivity index (χ0n) is 50.5. The summed E-state index contributed by atoms with van der Waals surface area (Å²) in [5.41, 5.74) is 0. The molecule has 0 saturated heterocycles. The molecule has 0 saturated carbocycles. The first kappa shape index (κ1) is 73.1. The quantitative estimate of drug-likeness (QED) is 0.0320. The fourth-order valence-electron chi connectivity index (χ4n) is 10.5. The highest BCUT2D eigenvalue weighted by Crippen LogP contribution is 2.18. The van der Waals surface area contributed by atoms with Crippen LogP contribution < -0.4 is 5.32 Å². The van der Waals surface area contributed by atoms with E-state index in [1.165, 1.54) is 283 Å². The van der Waals surface area contributed by atoms with E-state index in [0.29, 0.717) is 25.9 Å². The molecule has 1 amide bonds. The summed E-state index contributed by atoms with van der Waals surface area (Å²) in [6, 6.07) is -0.540. The van der Waals surface area contributed by atoms with Gasteiger partial charge in [0.1, 0.15) is 0 Å². The number of aliphatic hydroxyl groups is 2. The Balaban J connectivity index is 3.36. The number of ether oxygens (including phenoxy) is 1. The van der Waals surface area contributed by atoms with Crippen LogP contribution in [0.25, 0.3) is 0 Å². The molecule has 0 heterocycles. The van der Waals surface area contributed by atoms with E-state index in [-0.39, 0.29) is 18.5 Å². The van der Waals surface area contributed by atoms with E-state index < -0.39 is 12.1 Å². The van der Waals surface area contributed by atoms with Crippen LogP contribution in [0.1, 0.15) is 367 Å². The molecular weight excluding hydrogens is 923 g/mol. The van der Waals surface area contributed by atoms with Crippen molar-refractivity contribution in [1.29, 1.82) is 0 Å². The average molecular weight is 1050 g/mol. The number of allylic oxidation sites excluding steroid dienone is 6. The van der Waals surface area contributed by atoms with Crippen LogP contribution >= 0.6 is 0 Å². The molecule has 2 unspecified atom stereocenters. The number of rotatable bonds is 63. The van der Waals surface area contributed by atoms with E-state index in [1.807, 2.05) is 0 Å². The number of unbranched alkanes of at least 4 members (excludes halogenated alkanes) is 46. The summed E-state index contributed by atoms with van der Waals surface area (Å²) in [6.45, 7) is 4.91. The van der Waals surface area contributed by atoms with Gasteiger partial charge in [0.25, 0.3) is 0 Å². The summed E-state index contributed by atoms with van der Waals surface area (Å²) in [4.78, 5) is 24.5. The van der Waals surface area contributed by atoms with Crippen LogP contribution in [0.5, 0.6) is 0 Å². The Morgan fingerprint density at radius 3 is 1.08 bits per heavy atom. The standard InChI is InChI=1S/C69H131NO5/c1-3-5-7-9-11-13-15-17-34-38-41-45-49-53-57-61-67(72)66(65-71)70-68(73)62-58-54-50-46-42-39-35-32-30-28-26-24-22-20-18-19-21-23-25-27-29-31-33-36-40-44-48-52-56-60-64-75-69(74)63-59-55-51-47-43-37-16-14-12-10-8-6-4-2/h8,10,14,16,19,21,66-67,71-72H,3-7,9,11-13,15,17-18,20,22-65H2,1-2H3,(H,70,73)/b10-8-,16-14-,21-19-. The zero-order chi connectivity index (χ0) is 54.3. The lowest BCUT2D eigenvalue weighted by molar-refractivity contribution is -0.143. The third-order valence-electron chi connectivity index (χ3n) is 15.6. The van der Waals surface area contributed by atoms with Crippen molar-refractivity contribution in [2.75, 3.05) is 13.2 Å². The maximum absolute atomic E-state index is 12.5. The molecule has 6 heteroatoms. The van der Waals surface area contributed by atoms with Crippen molar-refractivity contribution in [2.45, 2.75) is 379 Å². The molecule has 0 aliphatic rings. The van der Waals surface area contributed by atoms with Crippen LogP contribution in [-0.4, -0.2) is 47.4 Å². The van der Waals surface area contributed by atoms with Gasteiger partial charge in [0.2, 0.25) is 5.91 Å². The van der Waals surface area contributed by atoms with Gasteiger partial charge in [-0.25, -0.2) is 0 Å². The fourth-order valence-corrected chi connectivity index (χ4v) is 10.5. The van der Waals surface area contributed by atoms with E-state index in [4.69, 9.17) is 4.74 Å². The summed E-state index contributed by atoms with van der Waals surface area (Å²) in [6.07, 6.45) is 81.8. The molecule has 0 rings (SSSR count). The number of hydrogen-bond donors (Lipinski definition) is 3. The molecule has 2 atom stereocenters. The number of carbonyl (C=O) groups excluding carboxylic acids is 2. The molecule has 0 spiro atoms. The van der Waals surface area contributed by atoms with Gasteiger partial charge in [-0.05, 0) is 77.0 Å². The summed E-state index contributed by atoms with van der Waals surface area (Å²) in [5.74, 6) is -0.0294. The number of nitrogens with one attached hydrogen (secondary N) is 1.